The van der Waals surface area contributed by atoms with Crippen LogP contribution in [0.1, 0.15) is 55.1 Å². The van der Waals surface area contributed by atoms with E-state index < -0.39 is 0 Å². The molecule has 2 aliphatic heterocycles. The fourth-order valence-corrected chi connectivity index (χ4v) is 5.11. The fraction of sp³-hybridized carbons (Fsp3) is 0.500. The van der Waals surface area contributed by atoms with E-state index in [1.54, 1.807) is 25.3 Å². The molecule has 0 N–H and O–H groups in total. The number of ether oxygens (including phenoxy) is 1. The average molecular weight is 451 g/mol. The van der Waals surface area contributed by atoms with Gasteiger partial charge in [-0.05, 0) is 44.0 Å². The Bertz CT molecular complexity index is 995. The number of rotatable bonds is 3. The number of fused-ring (bicyclic) bond motifs is 3. The number of aromatic nitrogens is 1. The Morgan fingerprint density at radius 2 is 1.85 bits per heavy atom. The number of hydrogen-bond acceptors (Lipinski definition) is 5. The zero-order valence-corrected chi connectivity index (χ0v) is 19.9. The Morgan fingerprint density at radius 1 is 1.06 bits per heavy atom. The van der Waals surface area contributed by atoms with Gasteiger partial charge in [-0.25, -0.2) is 4.98 Å². The van der Waals surface area contributed by atoms with Gasteiger partial charge in [0.2, 0.25) is 11.8 Å². The van der Waals surface area contributed by atoms with Crippen molar-refractivity contribution in [2.75, 3.05) is 32.1 Å². The average Bonchev–Trinajstić information content (AvgIpc) is 2.86. The molecule has 1 aromatic heterocycles. The monoisotopic (exact) mass is 450 g/mol. The van der Waals surface area contributed by atoms with Gasteiger partial charge in [-0.15, -0.1) is 0 Å². The molecule has 2 aliphatic rings. The molecule has 7 heteroatoms. The highest BCUT2D eigenvalue weighted by atomic mass is 16.5. The highest BCUT2D eigenvalue weighted by Crippen LogP contribution is 2.30. The number of carbonyl (C=O) groups excluding carboxylic acids is 2. The molecule has 0 saturated carbocycles. The molecule has 2 amide bonds. The maximum Gasteiger partial charge on any atom is 0.272 e. The number of anilines is 1. The van der Waals surface area contributed by atoms with E-state index in [0.29, 0.717) is 43.7 Å². The van der Waals surface area contributed by atoms with E-state index in [2.05, 4.69) is 16.9 Å². The molecule has 4 rings (SSSR count). The van der Waals surface area contributed by atoms with Gasteiger partial charge in [-0.1, -0.05) is 37.6 Å². The molecule has 0 spiro atoms. The van der Waals surface area contributed by atoms with E-state index in [4.69, 9.17) is 4.74 Å². The molecule has 2 atom stereocenters. The number of pyridine rings is 1. The number of nitrogens with zero attached hydrogens (tertiary/aromatic N) is 4. The minimum atomic E-state index is -0.119. The summed E-state index contributed by atoms with van der Waals surface area (Å²) in [5.74, 6) is 0.421. The van der Waals surface area contributed by atoms with Gasteiger partial charge in [0.05, 0.1) is 7.11 Å². The fourth-order valence-electron chi connectivity index (χ4n) is 5.11. The minimum absolute atomic E-state index is 0.115. The lowest BCUT2D eigenvalue weighted by molar-refractivity contribution is -0.118. The van der Waals surface area contributed by atoms with Crippen molar-refractivity contribution >= 4 is 17.5 Å². The molecule has 33 heavy (non-hydrogen) atoms. The number of carbonyl (C=O) groups is 2. The number of likely N-dealkylation sites (N-methyl/N-ethyl adjacent to an activating group) is 1. The molecule has 1 fully saturated rings. The van der Waals surface area contributed by atoms with Crippen LogP contribution in [0.3, 0.4) is 0 Å². The topological polar surface area (TPSA) is 66.0 Å². The van der Waals surface area contributed by atoms with Crippen LogP contribution in [0.4, 0.5) is 5.69 Å². The molecule has 2 aromatic rings. The molecule has 2 bridgehead atoms. The summed E-state index contributed by atoms with van der Waals surface area (Å²) in [5, 5.41) is 0. The smallest absolute Gasteiger partial charge is 0.272 e. The zero-order valence-electron chi connectivity index (χ0n) is 19.9. The summed E-state index contributed by atoms with van der Waals surface area (Å²) in [6, 6.07) is 13.9. The summed E-state index contributed by atoms with van der Waals surface area (Å²) in [4.78, 5) is 37.3. The number of benzene rings is 1. The molecule has 0 aliphatic carbocycles. The van der Waals surface area contributed by atoms with E-state index in [1.807, 2.05) is 41.0 Å². The molecule has 3 heterocycles. The van der Waals surface area contributed by atoms with Gasteiger partial charge >= 0.3 is 0 Å². The molecular formula is C26H34N4O3. The first-order valence-electron chi connectivity index (χ1n) is 11.9. The number of methoxy groups -OCH3 is 1. The van der Waals surface area contributed by atoms with E-state index >= 15 is 0 Å². The van der Waals surface area contributed by atoms with Crippen molar-refractivity contribution in [2.45, 2.75) is 57.7 Å². The second kappa shape index (κ2) is 10.3. The Hall–Kier alpha value is -2.93. The van der Waals surface area contributed by atoms with Crippen LogP contribution in [0.15, 0.2) is 42.5 Å². The summed E-state index contributed by atoms with van der Waals surface area (Å²) in [6.45, 7) is 3.65. The SMILES string of the molecule is CCC(=O)N1CCC2CCCC(CN(C(=O)c3cccc(OC)n3)Cc3ccccc31)N2C. The third-order valence-electron chi connectivity index (χ3n) is 7.03. The quantitative estimate of drug-likeness (QED) is 0.713. The molecule has 7 nitrogen and oxygen atoms in total. The third kappa shape index (κ3) is 5.03. The number of para-hydroxylation sites is 1. The van der Waals surface area contributed by atoms with Crippen molar-refractivity contribution in [2.24, 2.45) is 0 Å². The van der Waals surface area contributed by atoms with E-state index in [1.165, 1.54) is 0 Å². The van der Waals surface area contributed by atoms with E-state index in [9.17, 15) is 9.59 Å². The van der Waals surface area contributed by atoms with Gasteiger partial charge in [0.15, 0.2) is 0 Å². The highest BCUT2D eigenvalue weighted by molar-refractivity contribution is 5.95. The van der Waals surface area contributed by atoms with Gasteiger partial charge in [0, 0.05) is 49.9 Å². The van der Waals surface area contributed by atoms with Gasteiger partial charge < -0.3 is 14.5 Å². The van der Waals surface area contributed by atoms with E-state index in [0.717, 1.165) is 36.9 Å². The lowest BCUT2D eigenvalue weighted by atomic mass is 9.93. The summed E-state index contributed by atoms with van der Waals surface area (Å²) >= 11 is 0. The Balaban J connectivity index is 1.75. The van der Waals surface area contributed by atoms with Crippen molar-refractivity contribution < 1.29 is 14.3 Å². The Morgan fingerprint density at radius 3 is 2.64 bits per heavy atom. The van der Waals surface area contributed by atoms with Crippen LogP contribution in [0.5, 0.6) is 5.88 Å². The molecule has 0 radical (unpaired) electrons. The van der Waals surface area contributed by atoms with Crippen LogP contribution in [-0.2, 0) is 11.3 Å². The first-order chi connectivity index (χ1) is 16.0. The Kier molecular flexibility index (Phi) is 7.28. The van der Waals surface area contributed by atoms with Crippen molar-refractivity contribution in [3.05, 3.63) is 53.7 Å². The first-order valence-corrected chi connectivity index (χ1v) is 11.9. The summed E-state index contributed by atoms with van der Waals surface area (Å²) in [6.07, 6.45) is 4.69. The second-order valence-corrected chi connectivity index (χ2v) is 8.97. The molecule has 1 aromatic carbocycles. The summed E-state index contributed by atoms with van der Waals surface area (Å²) in [7, 11) is 3.72. The normalized spacial score (nSPS) is 21.7. The van der Waals surface area contributed by atoms with Gasteiger partial charge in [0.25, 0.3) is 5.91 Å². The standard InChI is InChI=1S/C26H34N4O3/c1-4-25(31)30-16-15-20-10-7-11-21(28(20)2)18-29(17-19-9-5-6-13-23(19)30)26(32)22-12-8-14-24(27-22)33-3/h5-6,8-9,12-14,20-21H,4,7,10-11,15-18H2,1-3H3. The van der Waals surface area contributed by atoms with Crippen molar-refractivity contribution in [1.82, 2.24) is 14.8 Å². The first kappa shape index (κ1) is 23.2. The lowest BCUT2D eigenvalue weighted by Crippen LogP contribution is -2.50. The minimum Gasteiger partial charge on any atom is -0.481 e. The van der Waals surface area contributed by atoms with Crippen LogP contribution in [-0.4, -0.2) is 65.9 Å². The summed E-state index contributed by atoms with van der Waals surface area (Å²) in [5.41, 5.74) is 2.26. The molecular weight excluding hydrogens is 416 g/mol. The number of hydrogen-bond donors (Lipinski definition) is 0. The number of amides is 2. The van der Waals surface area contributed by atoms with E-state index in [-0.39, 0.29) is 17.9 Å². The lowest BCUT2D eigenvalue weighted by Gasteiger charge is -2.41. The van der Waals surface area contributed by atoms with Crippen LogP contribution in [0, 0.1) is 0 Å². The second-order valence-electron chi connectivity index (χ2n) is 8.97. The molecule has 2 unspecified atom stereocenters. The van der Waals surface area contributed by atoms with Crippen molar-refractivity contribution in [1.29, 1.82) is 0 Å². The van der Waals surface area contributed by atoms with Crippen LogP contribution in [0.25, 0.3) is 0 Å². The largest absolute Gasteiger partial charge is 0.481 e. The summed E-state index contributed by atoms with van der Waals surface area (Å²) < 4.78 is 5.25. The maximum atomic E-state index is 13.7. The van der Waals surface area contributed by atoms with Crippen LogP contribution in [0.2, 0.25) is 0 Å². The predicted octanol–water partition coefficient (Wildman–Crippen LogP) is 3.73. The predicted molar refractivity (Wildman–Crippen MR) is 128 cm³/mol. The van der Waals surface area contributed by atoms with Crippen LogP contribution < -0.4 is 9.64 Å². The van der Waals surface area contributed by atoms with Gasteiger partial charge in [-0.3, -0.25) is 14.5 Å². The maximum absolute atomic E-state index is 13.7. The number of piperidine rings is 1. The van der Waals surface area contributed by atoms with Gasteiger partial charge in [0.1, 0.15) is 5.69 Å². The third-order valence-corrected chi connectivity index (χ3v) is 7.03. The van der Waals surface area contributed by atoms with Crippen LogP contribution >= 0.6 is 0 Å². The highest BCUT2D eigenvalue weighted by Gasteiger charge is 2.33. The zero-order chi connectivity index (χ0) is 23.4. The van der Waals surface area contributed by atoms with Gasteiger partial charge in [-0.2, -0.15) is 0 Å². The van der Waals surface area contributed by atoms with Crippen molar-refractivity contribution in [3.8, 4) is 5.88 Å². The molecule has 1 saturated heterocycles. The molecule has 176 valence electrons. The van der Waals surface area contributed by atoms with Crippen molar-refractivity contribution in [3.63, 3.8) is 0 Å². The Labute approximate surface area is 196 Å².